The first-order valence-electron chi connectivity index (χ1n) is 8.33. The monoisotopic (exact) mass is 355 g/mol. The average Bonchev–Trinajstić information content (AvgIpc) is 3.13. The zero-order valence-corrected chi connectivity index (χ0v) is 15.1. The Labute approximate surface area is 150 Å². The number of carbonyl (C=O) groups excluding carboxylic acids is 1. The van der Waals surface area contributed by atoms with Gasteiger partial charge in [0.1, 0.15) is 0 Å². The summed E-state index contributed by atoms with van der Waals surface area (Å²) in [5, 5.41) is 5.67. The average molecular weight is 355 g/mol. The smallest absolute Gasteiger partial charge is 0.261 e. The van der Waals surface area contributed by atoms with Crippen LogP contribution in [0.2, 0.25) is 0 Å². The largest absolute Gasteiger partial charge is 0.348 e. The van der Waals surface area contributed by atoms with E-state index in [1.807, 2.05) is 35.7 Å². The van der Waals surface area contributed by atoms with Crippen LogP contribution in [0.5, 0.6) is 0 Å². The van der Waals surface area contributed by atoms with Crippen molar-refractivity contribution in [1.29, 1.82) is 0 Å². The van der Waals surface area contributed by atoms with Crippen LogP contribution < -0.4 is 10.9 Å². The topological polar surface area (TPSA) is 64.0 Å². The van der Waals surface area contributed by atoms with E-state index in [9.17, 15) is 9.59 Å². The molecule has 1 amide bonds. The van der Waals surface area contributed by atoms with Crippen LogP contribution in [-0.4, -0.2) is 15.5 Å². The van der Waals surface area contributed by atoms with E-state index < -0.39 is 0 Å². The summed E-state index contributed by atoms with van der Waals surface area (Å²) in [5.41, 5.74) is 0.558. The summed E-state index contributed by atoms with van der Waals surface area (Å²) in [5.74, 6) is 0.236. The highest BCUT2D eigenvalue weighted by molar-refractivity contribution is 7.10. The van der Waals surface area contributed by atoms with Crippen molar-refractivity contribution >= 4 is 28.1 Å². The second kappa shape index (κ2) is 7.61. The van der Waals surface area contributed by atoms with Crippen LogP contribution in [0.25, 0.3) is 10.9 Å². The van der Waals surface area contributed by atoms with Crippen LogP contribution in [0.15, 0.2) is 52.9 Å². The van der Waals surface area contributed by atoms with Gasteiger partial charge in [-0.1, -0.05) is 32.0 Å². The van der Waals surface area contributed by atoms with Gasteiger partial charge in [0.05, 0.1) is 23.3 Å². The maximum absolute atomic E-state index is 12.5. The van der Waals surface area contributed by atoms with Gasteiger partial charge in [-0.15, -0.1) is 11.3 Å². The fraction of sp³-hybridized carbons (Fsp3) is 0.316. The Bertz CT molecular complexity index is 916. The number of nitrogens with one attached hydrogen (secondary N) is 1. The molecule has 0 aliphatic rings. The van der Waals surface area contributed by atoms with Crippen LogP contribution in [0.1, 0.15) is 31.2 Å². The molecule has 130 valence electrons. The number of hydrogen-bond acceptors (Lipinski definition) is 4. The molecular formula is C19H21N3O2S. The lowest BCUT2D eigenvalue weighted by molar-refractivity contribution is -0.122. The molecule has 0 fully saturated rings. The highest BCUT2D eigenvalue weighted by Gasteiger charge is 2.19. The maximum Gasteiger partial charge on any atom is 0.261 e. The Balaban J connectivity index is 1.68. The number of thiophene rings is 1. The van der Waals surface area contributed by atoms with Crippen LogP contribution in [0, 0.1) is 5.92 Å². The summed E-state index contributed by atoms with van der Waals surface area (Å²) >= 11 is 1.64. The van der Waals surface area contributed by atoms with Gasteiger partial charge in [-0.3, -0.25) is 14.2 Å². The second-order valence-corrected chi connectivity index (χ2v) is 7.29. The van der Waals surface area contributed by atoms with Gasteiger partial charge in [0.25, 0.3) is 5.56 Å². The number of benzene rings is 1. The minimum absolute atomic E-state index is 0.000972. The number of amides is 1. The van der Waals surface area contributed by atoms with E-state index in [4.69, 9.17) is 0 Å². The van der Waals surface area contributed by atoms with E-state index in [0.717, 1.165) is 4.88 Å². The van der Waals surface area contributed by atoms with E-state index in [1.165, 1.54) is 10.9 Å². The molecule has 1 N–H and O–H groups in total. The molecular weight excluding hydrogens is 334 g/mol. The predicted molar refractivity (Wildman–Crippen MR) is 101 cm³/mol. The molecule has 25 heavy (non-hydrogen) atoms. The van der Waals surface area contributed by atoms with Gasteiger partial charge < -0.3 is 5.32 Å². The first kappa shape index (κ1) is 17.4. The molecule has 1 aromatic carbocycles. The molecule has 0 unspecified atom stereocenters. The third-order valence-corrected chi connectivity index (χ3v) is 5.10. The van der Waals surface area contributed by atoms with Gasteiger partial charge >= 0.3 is 0 Å². The van der Waals surface area contributed by atoms with Gasteiger partial charge in [-0.2, -0.15) is 0 Å². The highest BCUT2D eigenvalue weighted by Crippen LogP contribution is 2.25. The summed E-state index contributed by atoms with van der Waals surface area (Å²) in [6, 6.07) is 11.3. The van der Waals surface area contributed by atoms with Crippen molar-refractivity contribution in [3.63, 3.8) is 0 Å². The molecule has 6 heteroatoms. The van der Waals surface area contributed by atoms with Crippen molar-refractivity contribution in [2.45, 2.75) is 32.9 Å². The Morgan fingerprint density at radius 1 is 1.24 bits per heavy atom. The molecule has 0 aliphatic carbocycles. The molecule has 0 radical (unpaired) electrons. The first-order valence-corrected chi connectivity index (χ1v) is 9.21. The van der Waals surface area contributed by atoms with Crippen molar-refractivity contribution in [3.05, 3.63) is 63.3 Å². The van der Waals surface area contributed by atoms with E-state index in [2.05, 4.69) is 24.1 Å². The molecule has 3 rings (SSSR count). The zero-order chi connectivity index (χ0) is 17.8. The summed E-state index contributed by atoms with van der Waals surface area (Å²) in [7, 11) is 0. The minimum Gasteiger partial charge on any atom is -0.348 e. The van der Waals surface area contributed by atoms with Crippen LogP contribution in [0.3, 0.4) is 0 Å². The lowest BCUT2D eigenvalue weighted by Crippen LogP contribution is -2.32. The normalized spacial score (nSPS) is 12.4. The third kappa shape index (κ3) is 3.96. The Hall–Kier alpha value is -2.47. The van der Waals surface area contributed by atoms with Gasteiger partial charge in [0.15, 0.2) is 0 Å². The van der Waals surface area contributed by atoms with Crippen LogP contribution in [0.4, 0.5) is 0 Å². The van der Waals surface area contributed by atoms with E-state index in [1.54, 1.807) is 17.4 Å². The SMILES string of the molecule is CC(C)[C@H](NC(=O)CCn1cnc2ccccc2c1=O)c1cccs1. The molecule has 0 aliphatic heterocycles. The van der Waals surface area contributed by atoms with Gasteiger partial charge in [0.2, 0.25) is 5.91 Å². The molecule has 0 saturated heterocycles. The lowest BCUT2D eigenvalue weighted by atomic mass is 10.0. The lowest BCUT2D eigenvalue weighted by Gasteiger charge is -2.21. The predicted octanol–water partition coefficient (Wildman–Crippen LogP) is 3.36. The Morgan fingerprint density at radius 3 is 2.76 bits per heavy atom. The quantitative estimate of drug-likeness (QED) is 0.737. The second-order valence-electron chi connectivity index (χ2n) is 6.31. The highest BCUT2D eigenvalue weighted by atomic mass is 32.1. The summed E-state index contributed by atoms with van der Waals surface area (Å²) in [4.78, 5) is 30.2. The Kier molecular flexibility index (Phi) is 5.28. The standard InChI is InChI=1S/C19H21N3O2S/c1-13(2)18(16-8-5-11-25-16)21-17(23)9-10-22-12-20-15-7-4-3-6-14(15)19(22)24/h3-8,11-13,18H,9-10H2,1-2H3,(H,21,23)/t18-/m0/s1. The molecule has 0 bridgehead atoms. The molecule has 3 aromatic rings. The number of rotatable bonds is 6. The van der Waals surface area contributed by atoms with Crippen molar-refractivity contribution in [2.24, 2.45) is 5.92 Å². The van der Waals surface area contributed by atoms with Gasteiger partial charge in [-0.05, 0) is 29.5 Å². The number of hydrogen-bond donors (Lipinski definition) is 1. The molecule has 0 spiro atoms. The van der Waals surface area contributed by atoms with Crippen molar-refractivity contribution in [1.82, 2.24) is 14.9 Å². The van der Waals surface area contributed by atoms with Crippen LogP contribution in [-0.2, 0) is 11.3 Å². The minimum atomic E-state index is -0.114. The number of nitrogens with zero attached hydrogens (tertiary/aromatic N) is 2. The van der Waals surface area contributed by atoms with Crippen molar-refractivity contribution in [2.75, 3.05) is 0 Å². The third-order valence-electron chi connectivity index (χ3n) is 4.14. The Morgan fingerprint density at radius 2 is 2.04 bits per heavy atom. The molecule has 2 heterocycles. The number of para-hydroxylation sites is 1. The van der Waals surface area contributed by atoms with Gasteiger partial charge in [-0.25, -0.2) is 4.98 Å². The van der Waals surface area contributed by atoms with E-state index in [0.29, 0.717) is 23.4 Å². The fourth-order valence-corrected chi connectivity index (χ4v) is 3.72. The number of aromatic nitrogens is 2. The maximum atomic E-state index is 12.5. The van der Waals surface area contributed by atoms with Crippen LogP contribution >= 0.6 is 11.3 Å². The van der Waals surface area contributed by atoms with Crippen molar-refractivity contribution in [3.8, 4) is 0 Å². The molecule has 1 atom stereocenters. The van der Waals surface area contributed by atoms with Crippen molar-refractivity contribution < 1.29 is 4.79 Å². The van der Waals surface area contributed by atoms with Gasteiger partial charge in [0, 0.05) is 17.8 Å². The zero-order valence-electron chi connectivity index (χ0n) is 14.3. The number of carbonyl (C=O) groups is 1. The molecule has 0 saturated carbocycles. The first-order chi connectivity index (χ1) is 12.1. The number of aryl methyl sites for hydroxylation is 1. The summed E-state index contributed by atoms with van der Waals surface area (Å²) < 4.78 is 1.50. The van der Waals surface area contributed by atoms with E-state index >= 15 is 0 Å². The molecule has 5 nitrogen and oxygen atoms in total. The number of fused-ring (bicyclic) bond motifs is 1. The fourth-order valence-electron chi connectivity index (χ4n) is 2.77. The summed E-state index contributed by atoms with van der Waals surface area (Å²) in [6.07, 6.45) is 1.76. The van der Waals surface area contributed by atoms with E-state index in [-0.39, 0.29) is 23.9 Å². The summed E-state index contributed by atoms with van der Waals surface area (Å²) in [6.45, 7) is 4.49. The molecule has 2 aromatic heterocycles.